The first-order valence-electron chi connectivity index (χ1n) is 12.9. The van der Waals surface area contributed by atoms with Crippen molar-refractivity contribution >= 4 is 11.9 Å². The van der Waals surface area contributed by atoms with E-state index in [0.29, 0.717) is 0 Å². The Kier molecular flexibility index (Phi) is 9.68. The van der Waals surface area contributed by atoms with E-state index >= 15 is 0 Å². The van der Waals surface area contributed by atoms with Crippen molar-refractivity contribution in [3.8, 4) is 0 Å². The predicted octanol–water partition coefficient (Wildman–Crippen LogP) is 4.44. The number of carbonyl (C=O) groups is 2. The predicted molar refractivity (Wildman–Crippen MR) is 140 cm³/mol. The van der Waals surface area contributed by atoms with Crippen LogP contribution in [0.15, 0.2) is 24.7 Å². The van der Waals surface area contributed by atoms with Crippen molar-refractivity contribution in [2.24, 2.45) is 0 Å². The molecule has 8 heteroatoms. The molecule has 2 saturated heterocycles. The molecule has 2 aliphatic rings. The number of carbonyl (C=O) groups excluding carboxylic acids is 2. The monoisotopic (exact) mass is 508 g/mol. The minimum absolute atomic E-state index is 0.00439. The molecule has 2 heterocycles. The minimum Gasteiger partial charge on any atom is -0.498 e. The molecule has 2 aliphatic heterocycles. The largest absolute Gasteiger partial charge is 0.498 e. The maximum absolute atomic E-state index is 11.9. The van der Waals surface area contributed by atoms with Gasteiger partial charge in [0.25, 0.3) is 0 Å². The molecule has 8 nitrogen and oxygen atoms in total. The van der Waals surface area contributed by atoms with Gasteiger partial charge < -0.3 is 18.9 Å². The molecule has 0 aromatic heterocycles. The molecule has 0 aromatic rings. The van der Waals surface area contributed by atoms with Crippen LogP contribution in [0.4, 0.5) is 0 Å². The van der Waals surface area contributed by atoms with Crippen molar-refractivity contribution in [1.82, 2.24) is 9.80 Å². The smallest absolute Gasteiger partial charge is 0.333 e. The molecule has 2 fully saturated rings. The molecule has 0 aromatic carbocycles. The first-order chi connectivity index (χ1) is 16.5. The Morgan fingerprint density at radius 1 is 0.639 bits per heavy atom. The van der Waals surface area contributed by atoms with Crippen LogP contribution >= 0.6 is 0 Å². The Hall–Kier alpha value is -2.06. The molecule has 0 amide bonds. The molecule has 0 saturated carbocycles. The third-order valence-corrected chi connectivity index (χ3v) is 8.06. The van der Waals surface area contributed by atoms with Gasteiger partial charge in [-0.1, -0.05) is 0 Å². The van der Waals surface area contributed by atoms with Crippen molar-refractivity contribution in [3.63, 3.8) is 0 Å². The summed E-state index contributed by atoms with van der Waals surface area (Å²) < 4.78 is 21.8. The number of ether oxygens (including phenoxy) is 4. The van der Waals surface area contributed by atoms with E-state index in [0.717, 1.165) is 25.7 Å². The molecule has 0 unspecified atom stereocenters. The fourth-order valence-electron chi connectivity index (χ4n) is 5.54. The molecular weight excluding hydrogens is 460 g/mol. The van der Waals surface area contributed by atoms with Gasteiger partial charge in [-0.2, -0.15) is 0 Å². The second-order valence-electron chi connectivity index (χ2n) is 12.6. The molecule has 0 spiro atoms. The van der Waals surface area contributed by atoms with Gasteiger partial charge >= 0.3 is 11.9 Å². The summed E-state index contributed by atoms with van der Waals surface area (Å²) in [6.45, 7) is 17.5. The summed E-state index contributed by atoms with van der Waals surface area (Å²) in [5.74, 6) is -1.08. The van der Waals surface area contributed by atoms with Crippen molar-refractivity contribution in [2.75, 3.05) is 27.3 Å². The number of piperidine rings is 2. The summed E-state index contributed by atoms with van der Waals surface area (Å²) >= 11 is 0. The highest BCUT2D eigenvalue weighted by Gasteiger charge is 2.44. The standard InChI is InChI=1S/C28H48N2O6/c1-25(2)17-21(18-26(3,4)29(25)9)33-13-11-23(31)35-15-16-36-24(32)12-14-34-22-19-27(5,6)30(10)28(7,8)20-22/h11-14,21-22H,15-20H2,1-10H3. The number of hydrogen-bond acceptors (Lipinski definition) is 8. The number of rotatable bonds is 9. The van der Waals surface area contributed by atoms with Gasteiger partial charge in [0.1, 0.15) is 25.4 Å². The van der Waals surface area contributed by atoms with Crippen LogP contribution in [0.25, 0.3) is 0 Å². The van der Waals surface area contributed by atoms with Crippen LogP contribution in [0.5, 0.6) is 0 Å². The first kappa shape index (κ1) is 30.2. The van der Waals surface area contributed by atoms with Gasteiger partial charge in [0.2, 0.25) is 0 Å². The van der Waals surface area contributed by atoms with Crippen LogP contribution in [0, 0.1) is 0 Å². The normalized spacial score (nSPS) is 24.6. The zero-order chi connectivity index (χ0) is 27.4. The number of nitrogens with zero attached hydrogens (tertiary/aromatic N) is 2. The molecule has 2 rings (SSSR count). The second-order valence-corrected chi connectivity index (χ2v) is 12.6. The van der Waals surface area contributed by atoms with E-state index in [1.807, 2.05) is 0 Å². The Bertz CT molecular complexity index is 726. The van der Waals surface area contributed by atoms with Crippen LogP contribution in [0.1, 0.15) is 81.1 Å². The zero-order valence-electron chi connectivity index (χ0n) is 24.1. The van der Waals surface area contributed by atoms with E-state index in [1.54, 1.807) is 0 Å². The van der Waals surface area contributed by atoms with Crippen LogP contribution in [-0.4, -0.2) is 83.4 Å². The maximum atomic E-state index is 11.9. The summed E-state index contributed by atoms with van der Waals surface area (Å²) in [4.78, 5) is 28.6. The van der Waals surface area contributed by atoms with Gasteiger partial charge in [-0.25, -0.2) is 9.59 Å². The first-order valence-corrected chi connectivity index (χ1v) is 12.9. The van der Waals surface area contributed by atoms with E-state index in [4.69, 9.17) is 18.9 Å². The SMILES string of the molecule is CN1C(C)(C)CC(OC=CC(=O)OCCOC(=O)C=COC2CC(C)(C)N(C)C(C)(C)C2)CC1(C)C. The van der Waals surface area contributed by atoms with Gasteiger partial charge in [0.15, 0.2) is 0 Å². The highest BCUT2D eigenvalue weighted by atomic mass is 16.6. The van der Waals surface area contributed by atoms with E-state index < -0.39 is 11.9 Å². The topological polar surface area (TPSA) is 77.5 Å². The van der Waals surface area contributed by atoms with Crippen molar-refractivity contribution < 1.29 is 28.5 Å². The molecular formula is C28H48N2O6. The summed E-state index contributed by atoms with van der Waals surface area (Å²) in [7, 11) is 4.27. The molecule has 36 heavy (non-hydrogen) atoms. The highest BCUT2D eigenvalue weighted by molar-refractivity contribution is 5.82. The summed E-state index contributed by atoms with van der Waals surface area (Å²) in [6, 6.07) is 0. The fraction of sp³-hybridized carbons (Fsp3) is 0.786. The minimum atomic E-state index is -0.538. The van der Waals surface area contributed by atoms with E-state index in [2.05, 4.69) is 79.3 Å². The van der Waals surface area contributed by atoms with Crippen LogP contribution in [0.3, 0.4) is 0 Å². The third kappa shape index (κ3) is 8.23. The Morgan fingerprint density at radius 2 is 0.917 bits per heavy atom. The van der Waals surface area contributed by atoms with Crippen molar-refractivity contribution in [1.29, 1.82) is 0 Å². The number of likely N-dealkylation sites (tertiary alicyclic amines) is 2. The Morgan fingerprint density at radius 3 is 1.19 bits per heavy atom. The third-order valence-electron chi connectivity index (χ3n) is 8.06. The average molecular weight is 509 g/mol. The quantitative estimate of drug-likeness (QED) is 0.196. The Labute approximate surface area is 217 Å². The summed E-state index contributed by atoms with van der Waals surface area (Å²) in [5, 5.41) is 0. The zero-order valence-corrected chi connectivity index (χ0v) is 24.1. The lowest BCUT2D eigenvalue weighted by molar-refractivity contribution is -0.146. The number of hydrogen-bond donors (Lipinski definition) is 0. The maximum Gasteiger partial charge on any atom is 0.333 e. The van der Waals surface area contributed by atoms with Crippen LogP contribution in [-0.2, 0) is 28.5 Å². The van der Waals surface area contributed by atoms with Crippen LogP contribution < -0.4 is 0 Å². The molecule has 0 atom stereocenters. The van der Waals surface area contributed by atoms with Gasteiger partial charge in [0, 0.05) is 47.8 Å². The molecule has 0 bridgehead atoms. The van der Waals surface area contributed by atoms with Crippen molar-refractivity contribution in [3.05, 3.63) is 24.7 Å². The van der Waals surface area contributed by atoms with E-state index in [9.17, 15) is 9.59 Å². The summed E-state index contributed by atoms with van der Waals surface area (Å²) in [6.07, 6.45) is 8.86. The van der Waals surface area contributed by atoms with Crippen molar-refractivity contribution in [2.45, 2.75) is 115 Å². The molecule has 206 valence electrons. The van der Waals surface area contributed by atoms with Crippen LogP contribution in [0.2, 0.25) is 0 Å². The summed E-state index contributed by atoms with van der Waals surface area (Å²) in [5.41, 5.74) is 0.0176. The van der Waals surface area contributed by atoms with Gasteiger partial charge in [-0.15, -0.1) is 0 Å². The molecule has 0 N–H and O–H groups in total. The number of esters is 2. The van der Waals surface area contributed by atoms with Gasteiger partial charge in [-0.05, 0) is 69.5 Å². The lowest BCUT2D eigenvalue weighted by atomic mass is 9.79. The molecule has 0 radical (unpaired) electrons. The van der Waals surface area contributed by atoms with Gasteiger partial charge in [-0.3, -0.25) is 9.80 Å². The van der Waals surface area contributed by atoms with E-state index in [-0.39, 0.29) is 47.6 Å². The molecule has 0 aliphatic carbocycles. The van der Waals surface area contributed by atoms with E-state index in [1.165, 1.54) is 24.7 Å². The Balaban J connectivity index is 1.65. The highest BCUT2D eigenvalue weighted by Crippen LogP contribution is 2.39. The second kappa shape index (κ2) is 11.5. The van der Waals surface area contributed by atoms with Gasteiger partial charge in [0.05, 0.1) is 24.7 Å². The lowest BCUT2D eigenvalue weighted by Gasteiger charge is -2.53. The average Bonchev–Trinajstić information content (AvgIpc) is 2.72. The lowest BCUT2D eigenvalue weighted by Crippen LogP contribution is -2.60. The fourth-order valence-corrected chi connectivity index (χ4v) is 5.54.